The number of anilines is 1. The van der Waals surface area contributed by atoms with E-state index in [1.54, 1.807) is 24.3 Å². The highest BCUT2D eigenvalue weighted by Gasteiger charge is 2.29. The van der Waals surface area contributed by atoms with E-state index in [1.807, 2.05) is 30.3 Å². The molecule has 35 heavy (non-hydrogen) atoms. The maximum atomic E-state index is 14.0. The minimum absolute atomic E-state index is 0.190. The van der Waals surface area contributed by atoms with E-state index in [0.717, 1.165) is 17.7 Å². The fourth-order valence-electron chi connectivity index (χ4n) is 4.08. The van der Waals surface area contributed by atoms with Crippen molar-refractivity contribution in [2.45, 2.75) is 19.4 Å². The van der Waals surface area contributed by atoms with E-state index in [9.17, 15) is 23.2 Å². The lowest BCUT2D eigenvalue weighted by Gasteiger charge is -2.31. The van der Waals surface area contributed by atoms with Crippen molar-refractivity contribution in [3.63, 3.8) is 0 Å². The number of amides is 3. The SMILES string of the molecule is O=C(NCc1ccccc1)c1ccccc1NC(=O)C1CCN(C(=O)c2ccc(F)cc2F)CC1. The van der Waals surface area contributed by atoms with E-state index in [0.29, 0.717) is 36.7 Å². The van der Waals surface area contributed by atoms with Gasteiger partial charge >= 0.3 is 0 Å². The van der Waals surface area contributed by atoms with E-state index in [4.69, 9.17) is 0 Å². The first kappa shape index (κ1) is 24.1. The van der Waals surface area contributed by atoms with Crippen molar-refractivity contribution in [2.75, 3.05) is 18.4 Å². The lowest BCUT2D eigenvalue weighted by atomic mass is 9.95. The second-order valence-corrected chi connectivity index (χ2v) is 8.39. The lowest BCUT2D eigenvalue weighted by molar-refractivity contribution is -0.121. The van der Waals surface area contributed by atoms with Crippen molar-refractivity contribution in [2.24, 2.45) is 5.92 Å². The van der Waals surface area contributed by atoms with Crippen LogP contribution in [0.3, 0.4) is 0 Å². The fraction of sp³-hybridized carbons (Fsp3) is 0.222. The van der Waals surface area contributed by atoms with Crippen LogP contribution in [-0.4, -0.2) is 35.7 Å². The summed E-state index contributed by atoms with van der Waals surface area (Å²) in [5.41, 5.74) is 1.54. The second kappa shape index (κ2) is 10.9. The van der Waals surface area contributed by atoms with Crippen LogP contribution in [0.15, 0.2) is 72.8 Å². The molecule has 0 aromatic heterocycles. The molecule has 0 spiro atoms. The molecule has 4 rings (SSSR count). The van der Waals surface area contributed by atoms with Crippen molar-refractivity contribution < 1.29 is 23.2 Å². The molecule has 1 aliphatic rings. The smallest absolute Gasteiger partial charge is 0.256 e. The van der Waals surface area contributed by atoms with Gasteiger partial charge < -0.3 is 15.5 Å². The Morgan fingerprint density at radius 2 is 1.54 bits per heavy atom. The normalized spacial score (nSPS) is 13.8. The molecule has 0 radical (unpaired) electrons. The third-order valence-electron chi connectivity index (χ3n) is 6.04. The zero-order valence-corrected chi connectivity index (χ0v) is 19.0. The molecular weight excluding hydrogens is 452 g/mol. The molecule has 1 heterocycles. The first-order valence-electron chi connectivity index (χ1n) is 11.4. The summed E-state index contributed by atoms with van der Waals surface area (Å²) in [6.07, 6.45) is 0.783. The topological polar surface area (TPSA) is 78.5 Å². The molecule has 0 aliphatic carbocycles. The van der Waals surface area contributed by atoms with Gasteiger partial charge in [-0.3, -0.25) is 14.4 Å². The van der Waals surface area contributed by atoms with Gasteiger partial charge in [-0.1, -0.05) is 42.5 Å². The van der Waals surface area contributed by atoms with Gasteiger partial charge in [-0.25, -0.2) is 8.78 Å². The number of benzene rings is 3. The van der Waals surface area contributed by atoms with Crippen molar-refractivity contribution >= 4 is 23.4 Å². The van der Waals surface area contributed by atoms with Crippen molar-refractivity contribution in [3.8, 4) is 0 Å². The number of hydrogen-bond donors (Lipinski definition) is 2. The number of carbonyl (C=O) groups is 3. The highest BCUT2D eigenvalue weighted by Crippen LogP contribution is 2.23. The average Bonchev–Trinajstić information content (AvgIpc) is 2.88. The molecule has 3 aromatic carbocycles. The average molecular weight is 478 g/mol. The van der Waals surface area contributed by atoms with Crippen LogP contribution in [0.4, 0.5) is 14.5 Å². The van der Waals surface area contributed by atoms with Gasteiger partial charge in [0.1, 0.15) is 11.6 Å². The highest BCUT2D eigenvalue weighted by atomic mass is 19.1. The first-order chi connectivity index (χ1) is 16.9. The number of hydrogen-bond acceptors (Lipinski definition) is 3. The molecule has 0 bridgehead atoms. The van der Waals surface area contributed by atoms with Crippen LogP contribution in [0.1, 0.15) is 39.1 Å². The zero-order chi connectivity index (χ0) is 24.8. The minimum atomic E-state index is -0.906. The molecule has 1 aliphatic heterocycles. The largest absolute Gasteiger partial charge is 0.348 e. The molecule has 6 nitrogen and oxygen atoms in total. The molecule has 3 amide bonds. The Morgan fingerprint density at radius 3 is 2.26 bits per heavy atom. The zero-order valence-electron chi connectivity index (χ0n) is 19.0. The summed E-state index contributed by atoms with van der Waals surface area (Å²) in [6.45, 7) is 0.906. The molecule has 2 N–H and O–H groups in total. The first-order valence-corrected chi connectivity index (χ1v) is 11.4. The monoisotopic (exact) mass is 477 g/mol. The molecule has 3 aromatic rings. The molecule has 0 unspecified atom stereocenters. The van der Waals surface area contributed by atoms with Crippen LogP contribution in [0.2, 0.25) is 0 Å². The van der Waals surface area contributed by atoms with Gasteiger partial charge in [0.05, 0.1) is 16.8 Å². The molecule has 0 saturated carbocycles. The molecule has 1 saturated heterocycles. The number of rotatable bonds is 6. The highest BCUT2D eigenvalue weighted by molar-refractivity contribution is 6.04. The van der Waals surface area contributed by atoms with Gasteiger partial charge in [-0.2, -0.15) is 0 Å². The predicted octanol–water partition coefficient (Wildman–Crippen LogP) is 4.39. The van der Waals surface area contributed by atoms with Crippen LogP contribution in [0, 0.1) is 17.6 Å². The van der Waals surface area contributed by atoms with E-state index < -0.39 is 17.5 Å². The van der Waals surface area contributed by atoms with Gasteiger partial charge in [0.15, 0.2) is 0 Å². The van der Waals surface area contributed by atoms with Crippen LogP contribution in [-0.2, 0) is 11.3 Å². The number of halogens is 2. The Bertz CT molecular complexity index is 1230. The second-order valence-electron chi connectivity index (χ2n) is 8.39. The van der Waals surface area contributed by atoms with Crippen LogP contribution >= 0.6 is 0 Å². The third kappa shape index (κ3) is 5.90. The lowest BCUT2D eigenvalue weighted by Crippen LogP contribution is -2.41. The summed E-state index contributed by atoms with van der Waals surface area (Å²) in [5, 5.41) is 5.71. The van der Waals surface area contributed by atoms with Crippen LogP contribution in [0.25, 0.3) is 0 Å². The Balaban J connectivity index is 1.34. The summed E-state index contributed by atoms with van der Waals surface area (Å²) < 4.78 is 27.1. The van der Waals surface area contributed by atoms with E-state index >= 15 is 0 Å². The standard InChI is InChI=1S/C27H25F2N3O3/c28-20-10-11-21(23(29)16-20)27(35)32-14-12-19(13-15-32)25(33)31-24-9-5-4-8-22(24)26(34)30-17-18-6-2-1-3-7-18/h1-11,16,19H,12-15,17H2,(H,30,34)(H,31,33). The Kier molecular flexibility index (Phi) is 7.50. The van der Waals surface area contributed by atoms with Gasteiger partial charge in [-0.15, -0.1) is 0 Å². The van der Waals surface area contributed by atoms with Gasteiger partial charge in [0.2, 0.25) is 5.91 Å². The predicted molar refractivity (Wildman–Crippen MR) is 128 cm³/mol. The van der Waals surface area contributed by atoms with E-state index in [2.05, 4.69) is 10.6 Å². The minimum Gasteiger partial charge on any atom is -0.348 e. The Labute approximate surface area is 201 Å². The quantitative estimate of drug-likeness (QED) is 0.553. The van der Waals surface area contributed by atoms with E-state index in [-0.39, 0.29) is 36.4 Å². The van der Waals surface area contributed by atoms with Crippen LogP contribution < -0.4 is 10.6 Å². The number of nitrogens with zero attached hydrogens (tertiary/aromatic N) is 1. The summed E-state index contributed by atoms with van der Waals surface area (Å²) in [5.74, 6) is -3.08. The van der Waals surface area contributed by atoms with Gasteiger partial charge in [0, 0.05) is 31.6 Å². The van der Waals surface area contributed by atoms with Gasteiger partial charge in [0.25, 0.3) is 11.8 Å². The fourth-order valence-corrected chi connectivity index (χ4v) is 4.08. The van der Waals surface area contributed by atoms with Crippen molar-refractivity contribution in [1.82, 2.24) is 10.2 Å². The summed E-state index contributed by atoms with van der Waals surface area (Å²) >= 11 is 0. The summed E-state index contributed by atoms with van der Waals surface area (Å²) in [4.78, 5) is 39.7. The number of para-hydroxylation sites is 1. The van der Waals surface area contributed by atoms with Crippen molar-refractivity contribution in [1.29, 1.82) is 0 Å². The van der Waals surface area contributed by atoms with Gasteiger partial charge in [-0.05, 0) is 42.7 Å². The molecule has 180 valence electrons. The third-order valence-corrected chi connectivity index (χ3v) is 6.04. The molecular formula is C27H25F2N3O3. The number of likely N-dealkylation sites (tertiary alicyclic amines) is 1. The van der Waals surface area contributed by atoms with Crippen molar-refractivity contribution in [3.05, 3.63) is 101 Å². The molecule has 8 heteroatoms. The Morgan fingerprint density at radius 1 is 0.857 bits per heavy atom. The Hall–Kier alpha value is -4.07. The summed E-state index contributed by atoms with van der Waals surface area (Å²) in [7, 11) is 0. The number of piperidine rings is 1. The van der Waals surface area contributed by atoms with E-state index in [1.165, 1.54) is 4.90 Å². The molecule has 0 atom stereocenters. The number of carbonyl (C=O) groups excluding carboxylic acids is 3. The summed E-state index contributed by atoms with van der Waals surface area (Å²) in [6, 6.07) is 19.2. The maximum Gasteiger partial charge on any atom is 0.256 e. The van der Waals surface area contributed by atoms with Crippen LogP contribution in [0.5, 0.6) is 0 Å². The number of nitrogens with one attached hydrogen (secondary N) is 2. The molecule has 1 fully saturated rings. The maximum absolute atomic E-state index is 14.0.